The molecule has 0 spiro atoms. The van der Waals surface area contributed by atoms with Crippen molar-refractivity contribution >= 4 is 26.7 Å². The first kappa shape index (κ1) is 20.2. The van der Waals surface area contributed by atoms with Crippen molar-refractivity contribution in [3.05, 3.63) is 65.7 Å². The van der Waals surface area contributed by atoms with Gasteiger partial charge in [0, 0.05) is 17.0 Å². The van der Waals surface area contributed by atoms with Gasteiger partial charge in [0.15, 0.2) is 0 Å². The molecule has 1 aliphatic carbocycles. The third-order valence-electron chi connectivity index (χ3n) is 5.53. The summed E-state index contributed by atoms with van der Waals surface area (Å²) in [5, 5.41) is 1.37. The number of ether oxygens (including phenoxy) is 2. The van der Waals surface area contributed by atoms with Crippen molar-refractivity contribution in [2.24, 2.45) is 0 Å². The predicted molar refractivity (Wildman–Crippen MR) is 115 cm³/mol. The molecule has 0 saturated carbocycles. The third kappa shape index (κ3) is 3.61. The van der Waals surface area contributed by atoms with Gasteiger partial charge in [0.25, 0.3) is 10.0 Å². The number of nitrogens with one attached hydrogen (secondary N) is 1. The van der Waals surface area contributed by atoms with E-state index in [-0.39, 0.29) is 4.90 Å². The molecule has 4 rings (SSSR count). The Bertz CT molecular complexity index is 1200. The maximum Gasteiger partial charge on any atom is 0.264 e. The standard InChI is InChI=1S/C23H23NO5S/c1-28-17-13-16-9-5-11-19(22(16)20(14-17)29-2)23(25)24-30(26,27)21-12-6-8-15-7-3-4-10-18(15)21/h3-4,6-8,10,12-14,19H,5,9,11H2,1-2H3,(H,24,25). The number of fused-ring (bicyclic) bond motifs is 2. The molecule has 1 atom stereocenters. The van der Waals surface area contributed by atoms with Crippen LogP contribution in [0.4, 0.5) is 0 Å². The number of hydrogen-bond acceptors (Lipinski definition) is 5. The number of methoxy groups -OCH3 is 2. The normalized spacial score (nSPS) is 16.0. The van der Waals surface area contributed by atoms with E-state index < -0.39 is 21.8 Å². The van der Waals surface area contributed by atoms with Crippen molar-refractivity contribution in [2.45, 2.75) is 30.1 Å². The zero-order valence-corrected chi connectivity index (χ0v) is 17.7. The van der Waals surface area contributed by atoms with Crippen LogP contribution in [0.2, 0.25) is 0 Å². The maximum absolute atomic E-state index is 13.1. The lowest BCUT2D eigenvalue weighted by molar-refractivity contribution is -0.121. The van der Waals surface area contributed by atoms with Crippen LogP contribution in [0.1, 0.15) is 29.9 Å². The summed E-state index contributed by atoms with van der Waals surface area (Å²) in [6.45, 7) is 0. The third-order valence-corrected chi connectivity index (χ3v) is 6.94. The van der Waals surface area contributed by atoms with E-state index in [2.05, 4.69) is 4.72 Å². The molecule has 3 aromatic rings. The monoisotopic (exact) mass is 425 g/mol. The molecule has 1 amide bonds. The van der Waals surface area contributed by atoms with Gasteiger partial charge in [-0.1, -0.05) is 36.4 Å². The molecule has 0 radical (unpaired) electrons. The minimum Gasteiger partial charge on any atom is -0.497 e. The molecule has 0 heterocycles. The summed E-state index contributed by atoms with van der Waals surface area (Å²) >= 11 is 0. The van der Waals surface area contributed by atoms with E-state index in [1.807, 2.05) is 24.3 Å². The van der Waals surface area contributed by atoms with Gasteiger partial charge in [-0.15, -0.1) is 0 Å². The lowest BCUT2D eigenvalue weighted by Gasteiger charge is -2.27. The van der Waals surface area contributed by atoms with Gasteiger partial charge >= 0.3 is 0 Å². The molecule has 0 saturated heterocycles. The smallest absolute Gasteiger partial charge is 0.264 e. The Kier molecular flexibility index (Phi) is 5.39. The van der Waals surface area contributed by atoms with Gasteiger partial charge in [-0.05, 0) is 42.3 Å². The van der Waals surface area contributed by atoms with Crippen LogP contribution in [0.5, 0.6) is 11.5 Å². The van der Waals surface area contributed by atoms with Crippen molar-refractivity contribution in [1.29, 1.82) is 0 Å². The summed E-state index contributed by atoms with van der Waals surface area (Å²) in [6.07, 6.45) is 2.10. The highest BCUT2D eigenvalue weighted by molar-refractivity contribution is 7.90. The molecule has 0 bridgehead atoms. The van der Waals surface area contributed by atoms with Crippen molar-refractivity contribution in [3.63, 3.8) is 0 Å². The molecule has 6 nitrogen and oxygen atoms in total. The summed E-state index contributed by atoms with van der Waals surface area (Å²) in [5.74, 6) is 0.0218. The summed E-state index contributed by atoms with van der Waals surface area (Å²) in [6, 6.07) is 15.8. The average Bonchev–Trinajstić information content (AvgIpc) is 2.77. The van der Waals surface area contributed by atoms with Crippen LogP contribution in [-0.2, 0) is 21.2 Å². The van der Waals surface area contributed by atoms with Crippen LogP contribution in [0.15, 0.2) is 59.5 Å². The zero-order chi connectivity index (χ0) is 21.3. The number of carbonyl (C=O) groups is 1. The van der Waals surface area contributed by atoms with E-state index in [1.165, 1.54) is 13.2 Å². The number of benzene rings is 3. The Morgan fingerprint density at radius 1 is 1.03 bits per heavy atom. The molecule has 7 heteroatoms. The minimum absolute atomic E-state index is 0.0895. The Labute approximate surface area is 175 Å². The van der Waals surface area contributed by atoms with E-state index in [1.54, 1.807) is 31.4 Å². The highest BCUT2D eigenvalue weighted by atomic mass is 32.2. The van der Waals surface area contributed by atoms with Crippen molar-refractivity contribution in [3.8, 4) is 11.5 Å². The van der Waals surface area contributed by atoms with Gasteiger partial charge in [-0.2, -0.15) is 0 Å². The molecule has 0 aliphatic heterocycles. The number of rotatable bonds is 5. The van der Waals surface area contributed by atoms with E-state index in [9.17, 15) is 13.2 Å². The van der Waals surface area contributed by atoms with E-state index in [0.29, 0.717) is 23.3 Å². The second-order valence-corrected chi connectivity index (χ2v) is 8.95. The number of sulfonamides is 1. The second kappa shape index (κ2) is 7.99. The first-order chi connectivity index (χ1) is 14.4. The number of aryl methyl sites for hydroxylation is 1. The largest absolute Gasteiger partial charge is 0.497 e. The Morgan fingerprint density at radius 2 is 1.80 bits per heavy atom. The molecular formula is C23H23NO5S. The molecule has 1 N–H and O–H groups in total. The summed E-state index contributed by atoms with van der Waals surface area (Å²) < 4.78 is 39.3. The molecule has 156 valence electrons. The van der Waals surface area contributed by atoms with Crippen LogP contribution in [0.3, 0.4) is 0 Å². The van der Waals surface area contributed by atoms with E-state index in [0.717, 1.165) is 29.4 Å². The molecule has 0 fully saturated rings. The summed E-state index contributed by atoms with van der Waals surface area (Å²) in [7, 11) is -0.928. The lowest BCUT2D eigenvalue weighted by atomic mass is 9.81. The van der Waals surface area contributed by atoms with Gasteiger partial charge in [-0.25, -0.2) is 13.1 Å². The Hall–Kier alpha value is -3.06. The topological polar surface area (TPSA) is 81.7 Å². The van der Waals surface area contributed by atoms with Crippen LogP contribution in [0.25, 0.3) is 10.8 Å². The quantitative estimate of drug-likeness (QED) is 0.673. The van der Waals surface area contributed by atoms with Gasteiger partial charge in [0.2, 0.25) is 5.91 Å². The van der Waals surface area contributed by atoms with Crippen LogP contribution < -0.4 is 14.2 Å². The Balaban J connectivity index is 1.70. The summed E-state index contributed by atoms with van der Waals surface area (Å²) in [4.78, 5) is 13.2. The number of amides is 1. The molecule has 1 aliphatic rings. The predicted octanol–water partition coefficient (Wildman–Crippen LogP) is 3.78. The van der Waals surface area contributed by atoms with Crippen LogP contribution in [0, 0.1) is 0 Å². The Morgan fingerprint density at radius 3 is 2.57 bits per heavy atom. The fourth-order valence-electron chi connectivity index (χ4n) is 4.14. The van der Waals surface area contributed by atoms with Crippen LogP contribution >= 0.6 is 0 Å². The van der Waals surface area contributed by atoms with Crippen molar-refractivity contribution in [2.75, 3.05) is 14.2 Å². The summed E-state index contributed by atoms with van der Waals surface area (Å²) in [5.41, 5.74) is 1.68. The van der Waals surface area contributed by atoms with Crippen molar-refractivity contribution < 1.29 is 22.7 Å². The average molecular weight is 426 g/mol. The highest BCUT2D eigenvalue weighted by Crippen LogP contribution is 2.41. The van der Waals surface area contributed by atoms with Gasteiger partial charge in [0.1, 0.15) is 11.5 Å². The number of carbonyl (C=O) groups excluding carboxylic acids is 1. The zero-order valence-electron chi connectivity index (χ0n) is 16.8. The minimum atomic E-state index is -4.04. The first-order valence-corrected chi connectivity index (χ1v) is 11.2. The fraction of sp³-hybridized carbons (Fsp3) is 0.261. The SMILES string of the molecule is COc1cc2c(c(OC)c1)C(C(=O)NS(=O)(=O)c1cccc3ccccc13)CCC2. The first-order valence-electron chi connectivity index (χ1n) is 9.74. The highest BCUT2D eigenvalue weighted by Gasteiger charge is 2.33. The number of hydrogen-bond donors (Lipinski definition) is 1. The van der Waals surface area contributed by atoms with Gasteiger partial charge in [0.05, 0.1) is 25.0 Å². The maximum atomic E-state index is 13.1. The molecular weight excluding hydrogens is 402 g/mol. The van der Waals surface area contributed by atoms with E-state index >= 15 is 0 Å². The van der Waals surface area contributed by atoms with E-state index in [4.69, 9.17) is 9.47 Å². The molecule has 3 aromatic carbocycles. The van der Waals surface area contributed by atoms with Gasteiger partial charge < -0.3 is 9.47 Å². The second-order valence-electron chi connectivity index (χ2n) is 7.29. The fourth-order valence-corrected chi connectivity index (χ4v) is 5.39. The molecule has 30 heavy (non-hydrogen) atoms. The van der Waals surface area contributed by atoms with Crippen molar-refractivity contribution in [1.82, 2.24) is 4.72 Å². The molecule has 0 aromatic heterocycles. The lowest BCUT2D eigenvalue weighted by Crippen LogP contribution is -2.36. The molecule has 1 unspecified atom stereocenters. The van der Waals surface area contributed by atoms with Crippen LogP contribution in [-0.4, -0.2) is 28.5 Å². The van der Waals surface area contributed by atoms with Gasteiger partial charge in [-0.3, -0.25) is 4.79 Å².